The number of carbonyl (C=O) groups excluding carboxylic acids is 1. The molecule has 1 saturated carbocycles. The molecule has 2 unspecified atom stereocenters. The number of anilines is 1. The van der Waals surface area contributed by atoms with Crippen molar-refractivity contribution in [2.75, 3.05) is 11.9 Å². The predicted octanol–water partition coefficient (Wildman–Crippen LogP) is 3.48. The fourth-order valence-corrected chi connectivity index (χ4v) is 3.20. The molecule has 1 amide bonds. The normalized spacial score (nSPS) is 23.4. The van der Waals surface area contributed by atoms with Crippen molar-refractivity contribution in [3.63, 3.8) is 0 Å². The molecule has 0 spiro atoms. The van der Waals surface area contributed by atoms with Gasteiger partial charge in [-0.2, -0.15) is 0 Å². The molecule has 1 heterocycles. The van der Waals surface area contributed by atoms with Gasteiger partial charge in [0.05, 0.1) is 18.0 Å². The second kappa shape index (κ2) is 7.25. The smallest absolute Gasteiger partial charge is 0.245 e. The Kier molecular flexibility index (Phi) is 5.17. The molecule has 7 heteroatoms. The summed E-state index contributed by atoms with van der Waals surface area (Å²) in [5, 5.41) is 2.81. The lowest BCUT2D eigenvalue weighted by atomic mass is 9.54. The van der Waals surface area contributed by atoms with Crippen LogP contribution in [-0.4, -0.2) is 29.1 Å². The number of pyridine rings is 1. The fourth-order valence-electron chi connectivity index (χ4n) is 3.20. The number of nitrogens with zero attached hydrogens (tertiary/aromatic N) is 1. The molecule has 0 radical (unpaired) electrons. The maximum Gasteiger partial charge on any atom is 0.245 e. The first-order chi connectivity index (χ1) is 12.8. The van der Waals surface area contributed by atoms with Crippen LogP contribution < -0.4 is 15.8 Å². The summed E-state index contributed by atoms with van der Waals surface area (Å²) in [5.41, 5.74) is 5.42. The number of nitrogens with two attached hydrogens (primary N) is 1. The molecule has 27 heavy (non-hydrogen) atoms. The maximum atomic E-state index is 12.9. The van der Waals surface area contributed by atoms with E-state index in [-0.39, 0.29) is 17.8 Å². The van der Waals surface area contributed by atoms with Crippen LogP contribution in [0, 0.1) is 11.2 Å². The molecular weight excluding hydrogens is 349 g/mol. The van der Waals surface area contributed by atoms with Crippen LogP contribution in [0.2, 0.25) is 0 Å². The Balaban J connectivity index is 1.63. The number of nitrogens with one attached hydrogen (secondary N) is 1. The molecular formula is C20H24FN3O3. The summed E-state index contributed by atoms with van der Waals surface area (Å²) in [6, 6.07) is 8.94. The molecule has 0 saturated heterocycles. The molecule has 1 aliphatic carbocycles. The quantitative estimate of drug-likeness (QED) is 0.809. The number of hydrogen-bond donors (Lipinski definition) is 2. The average molecular weight is 373 g/mol. The molecule has 1 fully saturated rings. The Morgan fingerprint density at radius 3 is 2.56 bits per heavy atom. The van der Waals surface area contributed by atoms with Gasteiger partial charge in [-0.25, -0.2) is 9.37 Å². The lowest BCUT2D eigenvalue weighted by Crippen LogP contribution is -2.74. The second-order valence-corrected chi connectivity index (χ2v) is 7.24. The van der Waals surface area contributed by atoms with E-state index in [9.17, 15) is 9.18 Å². The van der Waals surface area contributed by atoms with E-state index in [1.807, 2.05) is 20.8 Å². The van der Waals surface area contributed by atoms with Gasteiger partial charge >= 0.3 is 0 Å². The van der Waals surface area contributed by atoms with Crippen LogP contribution in [0.25, 0.3) is 0 Å². The maximum absolute atomic E-state index is 12.9. The van der Waals surface area contributed by atoms with E-state index in [1.165, 1.54) is 30.5 Å². The number of aromatic nitrogens is 1. The van der Waals surface area contributed by atoms with Crippen LogP contribution in [0.5, 0.6) is 11.6 Å². The number of amides is 1. The van der Waals surface area contributed by atoms with E-state index in [1.54, 1.807) is 12.1 Å². The van der Waals surface area contributed by atoms with Gasteiger partial charge in [-0.05, 0) is 37.3 Å². The Bertz CT molecular complexity index is 808. The van der Waals surface area contributed by atoms with Crippen LogP contribution >= 0.6 is 0 Å². The van der Waals surface area contributed by atoms with Gasteiger partial charge in [-0.1, -0.05) is 13.8 Å². The molecule has 6 nitrogen and oxygen atoms in total. The summed E-state index contributed by atoms with van der Waals surface area (Å²) in [7, 11) is 0. The summed E-state index contributed by atoms with van der Waals surface area (Å²) in [4.78, 5) is 16.9. The van der Waals surface area contributed by atoms with Gasteiger partial charge in [-0.3, -0.25) is 4.79 Å². The Morgan fingerprint density at radius 2 is 2.00 bits per heavy atom. The third-order valence-electron chi connectivity index (χ3n) is 5.27. The monoisotopic (exact) mass is 373 g/mol. The third-order valence-corrected chi connectivity index (χ3v) is 5.27. The van der Waals surface area contributed by atoms with Gasteiger partial charge in [0.15, 0.2) is 0 Å². The number of carbonyl (C=O) groups is 1. The number of rotatable bonds is 6. The van der Waals surface area contributed by atoms with Gasteiger partial charge in [0, 0.05) is 24.5 Å². The second-order valence-electron chi connectivity index (χ2n) is 7.24. The summed E-state index contributed by atoms with van der Waals surface area (Å²) in [6.45, 7) is 6.39. The minimum Gasteiger partial charge on any atom is -0.439 e. The minimum absolute atomic E-state index is 0.0390. The topological polar surface area (TPSA) is 86.5 Å². The highest BCUT2D eigenvalue weighted by molar-refractivity contribution is 5.99. The van der Waals surface area contributed by atoms with E-state index < -0.39 is 11.0 Å². The number of ether oxygens (including phenoxy) is 2. The Labute approximate surface area is 157 Å². The molecule has 144 valence electrons. The molecule has 2 atom stereocenters. The van der Waals surface area contributed by atoms with Gasteiger partial charge in [0.25, 0.3) is 0 Å². The van der Waals surface area contributed by atoms with E-state index in [0.717, 1.165) is 0 Å². The first kappa shape index (κ1) is 19.3. The van der Waals surface area contributed by atoms with Crippen molar-refractivity contribution in [3.8, 4) is 11.6 Å². The van der Waals surface area contributed by atoms with Gasteiger partial charge in [0.1, 0.15) is 17.1 Å². The first-order valence-electron chi connectivity index (χ1n) is 8.87. The van der Waals surface area contributed by atoms with Gasteiger partial charge < -0.3 is 20.5 Å². The van der Waals surface area contributed by atoms with Crippen LogP contribution in [0.4, 0.5) is 10.1 Å². The van der Waals surface area contributed by atoms with Gasteiger partial charge in [0.2, 0.25) is 11.8 Å². The van der Waals surface area contributed by atoms with Crippen LogP contribution in [-0.2, 0) is 9.53 Å². The van der Waals surface area contributed by atoms with E-state index in [2.05, 4.69) is 10.3 Å². The summed E-state index contributed by atoms with van der Waals surface area (Å²) >= 11 is 0. The highest BCUT2D eigenvalue weighted by atomic mass is 19.1. The zero-order valence-electron chi connectivity index (χ0n) is 15.7. The van der Waals surface area contributed by atoms with E-state index >= 15 is 0 Å². The van der Waals surface area contributed by atoms with Crippen LogP contribution in [0.3, 0.4) is 0 Å². The molecule has 0 aliphatic heterocycles. The molecule has 0 bridgehead atoms. The van der Waals surface area contributed by atoms with Crippen molar-refractivity contribution in [1.82, 2.24) is 4.98 Å². The lowest BCUT2D eigenvalue weighted by molar-refractivity contribution is -0.166. The molecule has 1 aliphatic rings. The number of hydrogen-bond acceptors (Lipinski definition) is 5. The van der Waals surface area contributed by atoms with E-state index in [0.29, 0.717) is 30.3 Å². The highest BCUT2D eigenvalue weighted by Gasteiger charge is 2.62. The molecule has 1 aromatic heterocycles. The molecule has 3 N–H and O–H groups in total. The number of halogens is 1. The SMILES string of the molecule is CCOC1CC(N)(C(=O)Nc2ccc(Oc3ccc(F)cc3)nc2)C1(C)C. The summed E-state index contributed by atoms with van der Waals surface area (Å²) in [6.07, 6.45) is 1.92. The summed E-state index contributed by atoms with van der Waals surface area (Å²) < 4.78 is 24.1. The van der Waals surface area contributed by atoms with Crippen molar-refractivity contribution in [2.45, 2.75) is 38.8 Å². The van der Waals surface area contributed by atoms with Crippen molar-refractivity contribution in [1.29, 1.82) is 0 Å². The zero-order chi connectivity index (χ0) is 19.7. The van der Waals surface area contributed by atoms with Crippen molar-refractivity contribution >= 4 is 11.6 Å². The standard InChI is InChI=1S/C20H24FN3O3/c1-4-26-16-11-20(22,19(16,2)3)18(25)24-14-7-10-17(23-12-14)27-15-8-5-13(21)6-9-15/h5-10,12,16H,4,11,22H2,1-3H3,(H,24,25). The Morgan fingerprint density at radius 1 is 1.30 bits per heavy atom. The molecule has 2 aromatic rings. The summed E-state index contributed by atoms with van der Waals surface area (Å²) in [5.74, 6) is 0.203. The average Bonchev–Trinajstić information content (AvgIpc) is 2.64. The van der Waals surface area contributed by atoms with Gasteiger partial charge in [-0.15, -0.1) is 0 Å². The molecule has 1 aromatic carbocycles. The van der Waals surface area contributed by atoms with Crippen molar-refractivity contribution in [3.05, 3.63) is 48.4 Å². The zero-order valence-corrected chi connectivity index (χ0v) is 15.7. The first-order valence-corrected chi connectivity index (χ1v) is 8.87. The Hall–Kier alpha value is -2.51. The number of benzene rings is 1. The van der Waals surface area contributed by atoms with Crippen LogP contribution in [0.1, 0.15) is 27.2 Å². The highest BCUT2D eigenvalue weighted by Crippen LogP contribution is 2.50. The van der Waals surface area contributed by atoms with Crippen molar-refractivity contribution in [2.24, 2.45) is 11.1 Å². The third kappa shape index (κ3) is 3.65. The van der Waals surface area contributed by atoms with Crippen molar-refractivity contribution < 1.29 is 18.7 Å². The largest absolute Gasteiger partial charge is 0.439 e. The predicted molar refractivity (Wildman–Crippen MR) is 100 cm³/mol. The molecule has 3 rings (SSSR count). The van der Waals surface area contributed by atoms with E-state index in [4.69, 9.17) is 15.2 Å². The lowest BCUT2D eigenvalue weighted by Gasteiger charge is -2.57. The fraction of sp³-hybridized carbons (Fsp3) is 0.400. The van der Waals surface area contributed by atoms with Crippen LogP contribution in [0.15, 0.2) is 42.6 Å². The minimum atomic E-state index is -1.00.